The van der Waals surface area contributed by atoms with Crippen LogP contribution in [0.5, 0.6) is 0 Å². The fraction of sp³-hybridized carbons (Fsp3) is 0.708. The Morgan fingerprint density at radius 3 is 2.80 bits per heavy atom. The summed E-state index contributed by atoms with van der Waals surface area (Å²) < 4.78 is 0. The largest absolute Gasteiger partial charge is 0.357 e. The zero-order valence-corrected chi connectivity index (χ0v) is 19.4. The second kappa shape index (κ2) is 10.3. The number of aliphatic imine (C=N–C) groups is 1. The van der Waals surface area contributed by atoms with Gasteiger partial charge in [-0.05, 0) is 88.7 Å². The maximum absolute atomic E-state index is 6.30. The summed E-state index contributed by atoms with van der Waals surface area (Å²) in [6, 6.07) is 9.67. The van der Waals surface area contributed by atoms with E-state index in [1.807, 2.05) is 6.07 Å². The van der Waals surface area contributed by atoms with Crippen LogP contribution in [0.2, 0.25) is 5.02 Å². The average Bonchev–Trinajstić information content (AvgIpc) is 3.48. The number of hydrogen-bond donors (Lipinski definition) is 2. The van der Waals surface area contributed by atoms with E-state index in [2.05, 4.69) is 52.6 Å². The molecule has 6 heteroatoms. The number of guanidine groups is 1. The molecular formula is C24H38ClN5. The van der Waals surface area contributed by atoms with Gasteiger partial charge in [0.25, 0.3) is 0 Å². The Labute approximate surface area is 187 Å². The molecule has 1 saturated carbocycles. The van der Waals surface area contributed by atoms with Crippen LogP contribution in [0.15, 0.2) is 29.3 Å². The summed E-state index contributed by atoms with van der Waals surface area (Å²) in [5.74, 6) is 2.23. The van der Waals surface area contributed by atoms with Crippen LogP contribution in [-0.2, 0) is 0 Å². The standard InChI is InChI=1S/C24H38ClN5/c1-3-26-24(27-15-18-11-13-30(17-18)22-9-10-22)28-16-20-7-5-12-29(2)23(20)19-6-4-8-21(25)14-19/h4,6,8,14,18,20,22-23H,3,5,7,9-13,15-17H2,1-2H3,(H2,26,27,28). The average molecular weight is 432 g/mol. The molecule has 0 spiro atoms. The van der Waals surface area contributed by atoms with E-state index >= 15 is 0 Å². The lowest BCUT2D eigenvalue weighted by atomic mass is 9.85. The highest BCUT2D eigenvalue weighted by Crippen LogP contribution is 2.35. The third-order valence-electron chi connectivity index (χ3n) is 6.96. The molecule has 2 N–H and O–H groups in total. The zero-order chi connectivity index (χ0) is 20.9. The maximum atomic E-state index is 6.30. The molecule has 3 fully saturated rings. The van der Waals surface area contributed by atoms with Crippen molar-refractivity contribution in [2.75, 3.05) is 46.3 Å². The Bertz CT molecular complexity index is 719. The molecule has 3 atom stereocenters. The van der Waals surface area contributed by atoms with Crippen LogP contribution in [0.3, 0.4) is 0 Å². The van der Waals surface area contributed by atoms with E-state index in [4.69, 9.17) is 16.6 Å². The molecule has 3 aliphatic rings. The van der Waals surface area contributed by atoms with Crippen LogP contribution in [0.4, 0.5) is 0 Å². The molecule has 30 heavy (non-hydrogen) atoms. The van der Waals surface area contributed by atoms with Gasteiger partial charge in [0.15, 0.2) is 5.96 Å². The molecule has 0 aromatic heterocycles. The van der Waals surface area contributed by atoms with Gasteiger partial charge in [-0.3, -0.25) is 9.89 Å². The topological polar surface area (TPSA) is 42.9 Å². The van der Waals surface area contributed by atoms with Crippen molar-refractivity contribution in [2.24, 2.45) is 16.8 Å². The molecule has 2 saturated heterocycles. The zero-order valence-electron chi connectivity index (χ0n) is 18.6. The van der Waals surface area contributed by atoms with E-state index in [1.165, 1.54) is 50.8 Å². The second-order valence-electron chi connectivity index (χ2n) is 9.36. The molecule has 3 unspecified atom stereocenters. The first-order valence-electron chi connectivity index (χ1n) is 11.9. The molecule has 1 aromatic rings. The molecule has 0 radical (unpaired) electrons. The summed E-state index contributed by atoms with van der Waals surface area (Å²) in [5.41, 5.74) is 1.32. The lowest BCUT2D eigenvalue weighted by Gasteiger charge is -2.40. The van der Waals surface area contributed by atoms with Crippen molar-refractivity contribution < 1.29 is 0 Å². The monoisotopic (exact) mass is 431 g/mol. The van der Waals surface area contributed by atoms with E-state index in [1.54, 1.807) is 0 Å². The van der Waals surface area contributed by atoms with Gasteiger partial charge in [-0.2, -0.15) is 0 Å². The van der Waals surface area contributed by atoms with E-state index in [9.17, 15) is 0 Å². The van der Waals surface area contributed by atoms with Gasteiger partial charge in [-0.25, -0.2) is 0 Å². The summed E-state index contributed by atoms with van der Waals surface area (Å²) in [5, 5.41) is 7.94. The molecule has 4 rings (SSSR count). The summed E-state index contributed by atoms with van der Waals surface area (Å²) in [6.45, 7) is 8.55. The Hall–Kier alpha value is -1.30. The van der Waals surface area contributed by atoms with E-state index in [-0.39, 0.29) is 0 Å². The molecule has 0 bridgehead atoms. The predicted molar refractivity (Wildman–Crippen MR) is 126 cm³/mol. The van der Waals surface area contributed by atoms with Crippen molar-refractivity contribution >= 4 is 17.6 Å². The number of nitrogens with one attached hydrogen (secondary N) is 2. The van der Waals surface area contributed by atoms with Crippen molar-refractivity contribution in [3.8, 4) is 0 Å². The molecule has 5 nitrogen and oxygen atoms in total. The van der Waals surface area contributed by atoms with Crippen LogP contribution in [0, 0.1) is 11.8 Å². The normalized spacial score (nSPS) is 28.6. The first-order chi connectivity index (χ1) is 14.6. The minimum Gasteiger partial charge on any atom is -0.357 e. The maximum Gasteiger partial charge on any atom is 0.191 e. The molecule has 1 aromatic carbocycles. The Morgan fingerprint density at radius 2 is 2.03 bits per heavy atom. The van der Waals surface area contributed by atoms with Crippen LogP contribution in [0.1, 0.15) is 50.6 Å². The first-order valence-corrected chi connectivity index (χ1v) is 12.2. The Morgan fingerprint density at radius 1 is 1.17 bits per heavy atom. The first kappa shape index (κ1) is 21.9. The SMILES string of the molecule is CCNC(=NCC1CCN(C2CC2)C1)NCC1CCCN(C)C1c1cccc(Cl)c1. The van der Waals surface area contributed by atoms with Crippen LogP contribution in [-0.4, -0.2) is 68.1 Å². The lowest BCUT2D eigenvalue weighted by molar-refractivity contribution is 0.122. The minimum absolute atomic E-state index is 0.398. The fourth-order valence-electron chi connectivity index (χ4n) is 5.26. The highest BCUT2D eigenvalue weighted by molar-refractivity contribution is 6.30. The van der Waals surface area contributed by atoms with Crippen molar-refractivity contribution in [1.82, 2.24) is 20.4 Å². The van der Waals surface area contributed by atoms with Crippen LogP contribution < -0.4 is 10.6 Å². The predicted octanol–water partition coefficient (Wildman–Crippen LogP) is 3.76. The quantitative estimate of drug-likeness (QED) is 0.509. The number of halogens is 1. The highest BCUT2D eigenvalue weighted by atomic mass is 35.5. The lowest BCUT2D eigenvalue weighted by Crippen LogP contribution is -2.45. The second-order valence-corrected chi connectivity index (χ2v) is 9.80. The summed E-state index contributed by atoms with van der Waals surface area (Å²) in [4.78, 5) is 10.1. The van der Waals surface area contributed by atoms with Gasteiger partial charge < -0.3 is 15.5 Å². The van der Waals surface area contributed by atoms with Gasteiger partial charge in [0.1, 0.15) is 0 Å². The van der Waals surface area contributed by atoms with Gasteiger partial charge >= 0.3 is 0 Å². The molecule has 2 heterocycles. The van der Waals surface area contributed by atoms with Crippen molar-refractivity contribution in [3.63, 3.8) is 0 Å². The molecule has 2 aliphatic heterocycles. The summed E-state index contributed by atoms with van der Waals surface area (Å²) >= 11 is 6.30. The third kappa shape index (κ3) is 5.68. The molecular weight excluding hydrogens is 394 g/mol. The van der Waals surface area contributed by atoms with Gasteiger partial charge in [-0.1, -0.05) is 23.7 Å². The van der Waals surface area contributed by atoms with Crippen LogP contribution >= 0.6 is 11.6 Å². The number of rotatable bonds is 7. The van der Waals surface area contributed by atoms with E-state index < -0.39 is 0 Å². The number of nitrogens with zero attached hydrogens (tertiary/aromatic N) is 3. The van der Waals surface area contributed by atoms with E-state index in [0.29, 0.717) is 17.9 Å². The smallest absolute Gasteiger partial charge is 0.191 e. The van der Waals surface area contributed by atoms with Gasteiger partial charge in [0.05, 0.1) is 0 Å². The number of hydrogen-bond acceptors (Lipinski definition) is 3. The minimum atomic E-state index is 0.398. The molecule has 1 aliphatic carbocycles. The summed E-state index contributed by atoms with van der Waals surface area (Å²) in [7, 11) is 2.24. The van der Waals surface area contributed by atoms with Crippen molar-refractivity contribution in [3.05, 3.63) is 34.9 Å². The van der Waals surface area contributed by atoms with Gasteiger partial charge in [0, 0.05) is 43.3 Å². The number of piperidine rings is 1. The Kier molecular flexibility index (Phi) is 7.55. The highest BCUT2D eigenvalue weighted by Gasteiger charge is 2.34. The summed E-state index contributed by atoms with van der Waals surface area (Å²) in [6.07, 6.45) is 6.58. The van der Waals surface area contributed by atoms with Gasteiger partial charge in [-0.15, -0.1) is 0 Å². The Balaban J connectivity index is 1.35. The molecule has 166 valence electrons. The third-order valence-corrected chi connectivity index (χ3v) is 7.20. The van der Waals surface area contributed by atoms with Gasteiger partial charge in [0.2, 0.25) is 0 Å². The number of benzene rings is 1. The van der Waals surface area contributed by atoms with Crippen molar-refractivity contribution in [1.29, 1.82) is 0 Å². The van der Waals surface area contributed by atoms with Crippen LogP contribution in [0.25, 0.3) is 0 Å². The number of likely N-dealkylation sites (tertiary alicyclic amines) is 2. The van der Waals surface area contributed by atoms with Crippen molar-refractivity contribution in [2.45, 2.75) is 51.1 Å². The van der Waals surface area contributed by atoms with E-state index in [0.717, 1.165) is 43.2 Å². The molecule has 0 amide bonds. The fourth-order valence-corrected chi connectivity index (χ4v) is 5.46.